The van der Waals surface area contributed by atoms with Gasteiger partial charge in [0.25, 0.3) is 11.5 Å². The summed E-state index contributed by atoms with van der Waals surface area (Å²) in [6.45, 7) is 11.6. The molecule has 1 heterocycles. The summed E-state index contributed by atoms with van der Waals surface area (Å²) in [5.41, 5.74) is 4.97. The molecule has 1 N–H and O–H groups in total. The maximum Gasteiger partial charge on any atom is 0.255 e. The quantitative estimate of drug-likeness (QED) is 0.594. The zero-order valence-corrected chi connectivity index (χ0v) is 20.8. The Hall–Kier alpha value is -2.27. The van der Waals surface area contributed by atoms with Crippen LogP contribution < -0.4 is 15.8 Å². The van der Waals surface area contributed by atoms with Crippen LogP contribution in [-0.2, 0) is 13.1 Å². The normalized spacial score (nSPS) is 14.4. The van der Waals surface area contributed by atoms with E-state index in [1.54, 1.807) is 10.6 Å². The van der Waals surface area contributed by atoms with Gasteiger partial charge in [-0.15, -0.1) is 0 Å². The Bertz CT molecular complexity index is 1040. The maximum absolute atomic E-state index is 13.2. The highest BCUT2D eigenvalue weighted by molar-refractivity contribution is 6.31. The van der Waals surface area contributed by atoms with E-state index in [1.807, 2.05) is 39.8 Å². The van der Waals surface area contributed by atoms with Crippen molar-refractivity contribution < 1.29 is 4.79 Å². The Morgan fingerprint density at radius 3 is 2.44 bits per heavy atom. The van der Waals surface area contributed by atoms with Crippen molar-refractivity contribution in [2.24, 2.45) is 0 Å². The summed E-state index contributed by atoms with van der Waals surface area (Å²) >= 11 is 6.47. The molecular formula is C26H36ClN3O2. The first kappa shape index (κ1) is 24.4. The number of pyridine rings is 1. The molecular weight excluding hydrogens is 422 g/mol. The first-order valence-corrected chi connectivity index (χ1v) is 12.2. The van der Waals surface area contributed by atoms with Crippen LogP contribution in [0.1, 0.15) is 78.7 Å². The second-order valence-electron chi connectivity index (χ2n) is 8.85. The molecule has 3 rings (SSSR count). The third-order valence-corrected chi connectivity index (χ3v) is 7.05. The van der Waals surface area contributed by atoms with E-state index in [9.17, 15) is 9.59 Å². The van der Waals surface area contributed by atoms with E-state index in [-0.39, 0.29) is 18.0 Å². The van der Waals surface area contributed by atoms with Gasteiger partial charge in [-0.05, 0) is 76.8 Å². The van der Waals surface area contributed by atoms with Crippen molar-refractivity contribution in [1.82, 2.24) is 9.88 Å². The number of hydrogen-bond acceptors (Lipinski definition) is 3. The fourth-order valence-electron chi connectivity index (χ4n) is 5.06. The molecule has 0 radical (unpaired) electrons. The number of nitrogens with zero attached hydrogens (tertiary/aromatic N) is 2. The van der Waals surface area contributed by atoms with E-state index in [0.29, 0.717) is 28.7 Å². The van der Waals surface area contributed by atoms with E-state index < -0.39 is 0 Å². The lowest BCUT2D eigenvalue weighted by atomic mass is 9.93. The van der Waals surface area contributed by atoms with Crippen LogP contribution in [0.15, 0.2) is 23.0 Å². The number of anilines is 1. The van der Waals surface area contributed by atoms with E-state index in [1.165, 1.54) is 32.1 Å². The lowest BCUT2D eigenvalue weighted by Crippen LogP contribution is -2.37. The molecule has 0 bridgehead atoms. The van der Waals surface area contributed by atoms with Crippen LogP contribution in [0.25, 0.3) is 0 Å². The van der Waals surface area contributed by atoms with Gasteiger partial charge < -0.3 is 14.8 Å². The van der Waals surface area contributed by atoms with Gasteiger partial charge in [0.05, 0.1) is 0 Å². The van der Waals surface area contributed by atoms with Gasteiger partial charge >= 0.3 is 0 Å². The average molecular weight is 458 g/mol. The Kier molecular flexibility index (Phi) is 8.05. The van der Waals surface area contributed by atoms with Gasteiger partial charge in [0.1, 0.15) is 0 Å². The first-order chi connectivity index (χ1) is 15.3. The molecule has 0 saturated heterocycles. The van der Waals surface area contributed by atoms with Gasteiger partial charge in [-0.1, -0.05) is 30.9 Å². The number of aryl methyl sites for hydroxylation is 2. The molecule has 0 unspecified atom stereocenters. The molecule has 1 saturated carbocycles. The Balaban J connectivity index is 1.87. The van der Waals surface area contributed by atoms with Crippen molar-refractivity contribution in [3.63, 3.8) is 0 Å². The van der Waals surface area contributed by atoms with Crippen molar-refractivity contribution in [3.05, 3.63) is 61.5 Å². The van der Waals surface area contributed by atoms with Gasteiger partial charge in [-0.3, -0.25) is 9.59 Å². The molecule has 0 aliphatic heterocycles. The van der Waals surface area contributed by atoms with Crippen LogP contribution >= 0.6 is 11.6 Å². The lowest BCUT2D eigenvalue weighted by molar-refractivity contribution is 0.0950. The van der Waals surface area contributed by atoms with E-state index in [2.05, 4.69) is 17.1 Å². The fourth-order valence-corrected chi connectivity index (χ4v) is 5.27. The molecule has 0 atom stereocenters. The minimum atomic E-state index is -0.201. The molecule has 0 spiro atoms. The van der Waals surface area contributed by atoms with Crippen molar-refractivity contribution in [2.45, 2.75) is 85.9 Å². The zero-order valence-electron chi connectivity index (χ0n) is 20.1. The van der Waals surface area contributed by atoms with Crippen molar-refractivity contribution in [2.75, 3.05) is 11.4 Å². The number of benzene rings is 1. The van der Waals surface area contributed by atoms with Crippen molar-refractivity contribution in [3.8, 4) is 0 Å². The van der Waals surface area contributed by atoms with Crippen LogP contribution in [0.2, 0.25) is 5.02 Å². The second kappa shape index (κ2) is 10.6. The summed E-state index contributed by atoms with van der Waals surface area (Å²) < 4.78 is 1.74. The second-order valence-corrected chi connectivity index (χ2v) is 9.29. The number of nitrogens with one attached hydrogen (secondary N) is 1. The Labute approximate surface area is 196 Å². The summed E-state index contributed by atoms with van der Waals surface area (Å²) in [6, 6.07) is 6.20. The number of carbonyl (C=O) groups excluding carboxylic acids is 1. The van der Waals surface area contributed by atoms with Crippen LogP contribution in [0.4, 0.5) is 5.69 Å². The third-order valence-electron chi connectivity index (χ3n) is 6.83. The largest absolute Gasteiger partial charge is 0.369 e. The zero-order chi connectivity index (χ0) is 23.4. The molecule has 6 heteroatoms. The number of hydrogen-bond donors (Lipinski definition) is 1. The predicted molar refractivity (Wildman–Crippen MR) is 133 cm³/mol. The molecule has 5 nitrogen and oxygen atoms in total. The van der Waals surface area contributed by atoms with E-state index in [4.69, 9.17) is 11.6 Å². The van der Waals surface area contributed by atoms with E-state index >= 15 is 0 Å². The predicted octanol–water partition coefficient (Wildman–Crippen LogP) is 5.54. The standard InChI is InChI=1S/C26H36ClN3O2/c1-6-29-18(4)13-17(3)23(26(29)32)16-28-25(31)22-14-20(27)15-24(19(22)5)30(7-2)21-11-9-8-10-12-21/h13-15,21H,6-12,16H2,1-5H3,(H,28,31). The number of halogens is 1. The summed E-state index contributed by atoms with van der Waals surface area (Å²) in [6.07, 6.45) is 6.16. The lowest BCUT2D eigenvalue weighted by Gasteiger charge is -2.36. The Morgan fingerprint density at radius 2 is 1.81 bits per heavy atom. The summed E-state index contributed by atoms with van der Waals surface area (Å²) in [5, 5.41) is 3.53. The number of carbonyl (C=O) groups is 1. The third kappa shape index (κ3) is 5.03. The number of aromatic nitrogens is 1. The highest BCUT2D eigenvalue weighted by Gasteiger charge is 2.24. The SMILES string of the molecule is CCN(c1cc(Cl)cc(C(=O)NCc2c(C)cc(C)n(CC)c2=O)c1C)C1CCCCC1. The molecule has 1 aromatic carbocycles. The van der Waals surface area contributed by atoms with Gasteiger partial charge in [0.15, 0.2) is 0 Å². The molecule has 174 valence electrons. The van der Waals surface area contributed by atoms with Crippen LogP contribution in [0, 0.1) is 20.8 Å². The molecule has 1 aromatic heterocycles. The minimum Gasteiger partial charge on any atom is -0.369 e. The molecule has 2 aromatic rings. The summed E-state index contributed by atoms with van der Waals surface area (Å²) in [7, 11) is 0. The van der Waals surface area contributed by atoms with Crippen molar-refractivity contribution >= 4 is 23.2 Å². The van der Waals surface area contributed by atoms with E-state index in [0.717, 1.165) is 29.1 Å². The van der Waals surface area contributed by atoms with Crippen LogP contribution in [0.5, 0.6) is 0 Å². The van der Waals surface area contributed by atoms with Gasteiger partial charge in [-0.2, -0.15) is 0 Å². The van der Waals surface area contributed by atoms with Crippen molar-refractivity contribution in [1.29, 1.82) is 0 Å². The molecule has 32 heavy (non-hydrogen) atoms. The highest BCUT2D eigenvalue weighted by Crippen LogP contribution is 2.33. The molecule has 1 fully saturated rings. The number of amides is 1. The first-order valence-electron chi connectivity index (χ1n) is 11.8. The highest BCUT2D eigenvalue weighted by atomic mass is 35.5. The van der Waals surface area contributed by atoms with Crippen LogP contribution in [-0.4, -0.2) is 23.1 Å². The van der Waals surface area contributed by atoms with Gasteiger partial charge in [0, 0.05) is 53.2 Å². The summed E-state index contributed by atoms with van der Waals surface area (Å²) in [5.74, 6) is -0.201. The number of rotatable bonds is 7. The van der Waals surface area contributed by atoms with Gasteiger partial charge in [-0.25, -0.2) is 0 Å². The average Bonchev–Trinajstić information content (AvgIpc) is 2.76. The maximum atomic E-state index is 13.2. The summed E-state index contributed by atoms with van der Waals surface area (Å²) in [4.78, 5) is 28.4. The fraction of sp³-hybridized carbons (Fsp3) is 0.538. The monoisotopic (exact) mass is 457 g/mol. The Morgan fingerprint density at radius 1 is 1.12 bits per heavy atom. The minimum absolute atomic E-state index is 0.0386. The topological polar surface area (TPSA) is 54.3 Å². The van der Waals surface area contributed by atoms with Crippen LogP contribution in [0.3, 0.4) is 0 Å². The molecule has 1 amide bonds. The smallest absolute Gasteiger partial charge is 0.255 e. The molecule has 1 aliphatic rings. The van der Waals surface area contributed by atoms with Gasteiger partial charge in [0.2, 0.25) is 0 Å². The molecule has 1 aliphatic carbocycles.